The largest absolute Gasteiger partial charge is 0.366 e. The van der Waals surface area contributed by atoms with Crippen molar-refractivity contribution in [2.75, 3.05) is 4.90 Å². The molecule has 0 atom stereocenters. The molecule has 0 heterocycles. The number of nitrogens with zero attached hydrogens (tertiary/aromatic N) is 1. The zero-order valence-electron chi connectivity index (χ0n) is 27.3. The molecule has 1 nitrogen and oxygen atoms in total. The second-order valence-corrected chi connectivity index (χ2v) is 13.9. The van der Waals surface area contributed by atoms with E-state index in [1.165, 1.54) is 101 Å². The number of fused-ring (bicyclic) bond motifs is 1. The fourth-order valence-electron chi connectivity index (χ4n) is 8.69. The zero-order valence-corrected chi connectivity index (χ0v) is 27.3. The van der Waals surface area contributed by atoms with E-state index < -0.39 is 0 Å². The van der Waals surface area contributed by atoms with Crippen molar-refractivity contribution in [2.24, 2.45) is 0 Å². The molecule has 0 unspecified atom stereocenters. The van der Waals surface area contributed by atoms with Crippen LogP contribution in [0.5, 0.6) is 0 Å². The van der Waals surface area contributed by atoms with Crippen LogP contribution >= 0.6 is 0 Å². The fourth-order valence-corrected chi connectivity index (χ4v) is 8.69. The van der Waals surface area contributed by atoms with Gasteiger partial charge in [-0.3, -0.25) is 0 Å². The molecule has 2 saturated carbocycles. The molecular formula is C46H45N. The van der Waals surface area contributed by atoms with Gasteiger partial charge in [0.25, 0.3) is 0 Å². The molecule has 0 radical (unpaired) electrons. The van der Waals surface area contributed by atoms with E-state index in [4.69, 9.17) is 0 Å². The van der Waals surface area contributed by atoms with Gasteiger partial charge in [-0.2, -0.15) is 0 Å². The van der Waals surface area contributed by atoms with Gasteiger partial charge in [0.05, 0.1) is 0 Å². The summed E-state index contributed by atoms with van der Waals surface area (Å²) >= 11 is 0. The normalized spacial score (nSPS) is 21.4. The quantitative estimate of drug-likeness (QED) is 0.174. The summed E-state index contributed by atoms with van der Waals surface area (Å²) in [7, 11) is 0. The van der Waals surface area contributed by atoms with Crippen LogP contribution in [0.2, 0.25) is 0 Å². The van der Waals surface area contributed by atoms with Gasteiger partial charge in [0, 0.05) is 17.8 Å². The maximum atomic E-state index is 2.88. The minimum Gasteiger partial charge on any atom is -0.366 e. The Balaban J connectivity index is 1.06. The summed E-state index contributed by atoms with van der Waals surface area (Å²) in [6, 6.07) is 57.7. The molecule has 0 aliphatic heterocycles. The molecule has 0 amide bonds. The highest BCUT2D eigenvalue weighted by Gasteiger charge is 2.33. The first kappa shape index (κ1) is 29.8. The Kier molecular flexibility index (Phi) is 8.63. The van der Waals surface area contributed by atoms with Crippen LogP contribution in [-0.2, 0) is 0 Å². The highest BCUT2D eigenvalue weighted by Crippen LogP contribution is 2.42. The molecule has 6 aromatic rings. The molecule has 2 aliphatic carbocycles. The minimum atomic E-state index is 0.605. The summed E-state index contributed by atoms with van der Waals surface area (Å²) in [4.78, 5) is 2.88. The second kappa shape index (κ2) is 13.6. The molecule has 234 valence electrons. The lowest BCUT2D eigenvalue weighted by molar-refractivity contribution is 0.310. The summed E-state index contributed by atoms with van der Waals surface area (Å²) in [5.41, 5.74) is 9.60. The molecule has 0 saturated heterocycles. The monoisotopic (exact) mass is 611 g/mol. The van der Waals surface area contributed by atoms with Gasteiger partial charge in [-0.05, 0) is 126 Å². The molecule has 2 aliphatic rings. The average Bonchev–Trinajstić information content (AvgIpc) is 3.16. The first-order valence-corrected chi connectivity index (χ1v) is 17.9. The Hall–Kier alpha value is -4.62. The van der Waals surface area contributed by atoms with E-state index >= 15 is 0 Å². The fraction of sp³-hybridized carbons (Fsp3) is 0.261. The van der Waals surface area contributed by atoms with Gasteiger partial charge < -0.3 is 4.90 Å². The summed E-state index contributed by atoms with van der Waals surface area (Å²) in [5.74, 6) is 1.39. The van der Waals surface area contributed by atoms with E-state index in [0.717, 1.165) is 0 Å². The molecule has 0 aromatic heterocycles. The predicted molar refractivity (Wildman–Crippen MR) is 200 cm³/mol. The summed E-state index contributed by atoms with van der Waals surface area (Å²) < 4.78 is 0. The van der Waals surface area contributed by atoms with Gasteiger partial charge in [-0.15, -0.1) is 0 Å². The van der Waals surface area contributed by atoms with Crippen molar-refractivity contribution in [2.45, 2.75) is 75.3 Å². The number of rotatable bonds is 7. The van der Waals surface area contributed by atoms with E-state index in [9.17, 15) is 0 Å². The standard InChI is InChI=1S/C46H45N/c1-4-11-34(12-5-1)36-21-27-42(28-22-36)47(43-29-23-37(24-30-43)35-13-6-2-7-14-35)44-31-25-38(26-32-44)41-20-19-40-17-10-18-45(46(40)33-41)39-15-8-3-9-16-39/h1-20,25-26,31-33,36-37,42-43H,21-24,27-30H2. The van der Waals surface area contributed by atoms with Crippen LogP contribution in [0.15, 0.2) is 152 Å². The Labute approximate surface area is 280 Å². The van der Waals surface area contributed by atoms with Crippen LogP contribution in [0.4, 0.5) is 5.69 Å². The van der Waals surface area contributed by atoms with Gasteiger partial charge >= 0.3 is 0 Å². The number of anilines is 1. The van der Waals surface area contributed by atoms with Crippen LogP contribution in [0.1, 0.15) is 74.3 Å². The van der Waals surface area contributed by atoms with Gasteiger partial charge in [-0.1, -0.05) is 133 Å². The first-order chi connectivity index (χ1) is 23.3. The average molecular weight is 612 g/mol. The van der Waals surface area contributed by atoms with Crippen molar-refractivity contribution >= 4 is 16.5 Å². The third-order valence-electron chi connectivity index (χ3n) is 11.2. The van der Waals surface area contributed by atoms with Crippen molar-refractivity contribution in [1.82, 2.24) is 0 Å². The summed E-state index contributed by atoms with van der Waals surface area (Å²) in [5, 5.41) is 2.60. The molecular weight excluding hydrogens is 567 g/mol. The van der Waals surface area contributed by atoms with Gasteiger partial charge in [0.1, 0.15) is 0 Å². The van der Waals surface area contributed by atoms with Crippen LogP contribution in [0.25, 0.3) is 33.0 Å². The van der Waals surface area contributed by atoms with Crippen molar-refractivity contribution in [3.63, 3.8) is 0 Å². The predicted octanol–water partition coefficient (Wildman–Crippen LogP) is 12.4. The number of hydrogen-bond acceptors (Lipinski definition) is 1. The van der Waals surface area contributed by atoms with Crippen molar-refractivity contribution in [1.29, 1.82) is 0 Å². The Bertz CT molecular complexity index is 1820. The lowest BCUT2D eigenvalue weighted by atomic mass is 9.78. The van der Waals surface area contributed by atoms with Crippen LogP contribution < -0.4 is 4.90 Å². The van der Waals surface area contributed by atoms with Crippen molar-refractivity contribution in [3.8, 4) is 22.3 Å². The molecule has 2 fully saturated rings. The lowest BCUT2D eigenvalue weighted by Crippen LogP contribution is -2.46. The molecule has 0 N–H and O–H groups in total. The second-order valence-electron chi connectivity index (χ2n) is 13.9. The Morgan fingerprint density at radius 3 is 1.45 bits per heavy atom. The van der Waals surface area contributed by atoms with Crippen molar-refractivity contribution < 1.29 is 0 Å². The van der Waals surface area contributed by atoms with Crippen LogP contribution in [0, 0.1) is 0 Å². The molecule has 8 rings (SSSR count). The minimum absolute atomic E-state index is 0.605. The molecule has 6 aromatic carbocycles. The smallest absolute Gasteiger partial charge is 0.0371 e. The van der Waals surface area contributed by atoms with E-state index in [0.29, 0.717) is 23.9 Å². The van der Waals surface area contributed by atoms with E-state index in [2.05, 4.69) is 157 Å². The maximum absolute atomic E-state index is 2.88. The first-order valence-electron chi connectivity index (χ1n) is 17.9. The highest BCUT2D eigenvalue weighted by molar-refractivity contribution is 5.99. The van der Waals surface area contributed by atoms with Gasteiger partial charge in [0.2, 0.25) is 0 Å². The Morgan fingerprint density at radius 2 is 0.894 bits per heavy atom. The molecule has 0 spiro atoms. The molecule has 0 bridgehead atoms. The molecule has 1 heteroatoms. The number of benzene rings is 6. The van der Waals surface area contributed by atoms with E-state index in [1.807, 2.05) is 0 Å². The molecule has 47 heavy (non-hydrogen) atoms. The number of hydrogen-bond donors (Lipinski definition) is 0. The zero-order chi connectivity index (χ0) is 31.4. The third kappa shape index (κ3) is 6.37. The summed E-state index contributed by atoms with van der Waals surface area (Å²) in [6.07, 6.45) is 10.2. The van der Waals surface area contributed by atoms with E-state index in [-0.39, 0.29) is 0 Å². The lowest BCUT2D eigenvalue weighted by Gasteiger charge is -2.45. The third-order valence-corrected chi connectivity index (χ3v) is 11.2. The topological polar surface area (TPSA) is 3.24 Å². The highest BCUT2D eigenvalue weighted by atomic mass is 15.2. The van der Waals surface area contributed by atoms with Crippen LogP contribution in [-0.4, -0.2) is 12.1 Å². The van der Waals surface area contributed by atoms with Crippen LogP contribution in [0.3, 0.4) is 0 Å². The van der Waals surface area contributed by atoms with Gasteiger partial charge in [0.15, 0.2) is 0 Å². The Morgan fingerprint density at radius 1 is 0.383 bits per heavy atom. The van der Waals surface area contributed by atoms with Crippen molar-refractivity contribution in [3.05, 3.63) is 163 Å². The SMILES string of the molecule is c1ccc(-c2cccc3ccc(-c4ccc(N(C5CCC(c6ccccc6)CC5)C5CCC(c6ccccc6)CC5)cc4)cc23)cc1. The van der Waals surface area contributed by atoms with E-state index in [1.54, 1.807) is 0 Å². The van der Waals surface area contributed by atoms with Gasteiger partial charge in [-0.25, -0.2) is 0 Å². The summed E-state index contributed by atoms with van der Waals surface area (Å²) in [6.45, 7) is 0. The maximum Gasteiger partial charge on any atom is 0.0371 e.